The van der Waals surface area contributed by atoms with E-state index in [2.05, 4.69) is 0 Å². The number of hydrogen-bond donors (Lipinski definition) is 1. The monoisotopic (exact) mass is 244 g/mol. The van der Waals surface area contributed by atoms with Crippen molar-refractivity contribution in [3.05, 3.63) is 0 Å². The molecule has 6 heteroatoms. The Hall–Kier alpha value is -1.46. The zero-order valence-corrected chi connectivity index (χ0v) is 10.8. The van der Waals surface area contributed by atoms with Crippen molar-refractivity contribution < 1.29 is 19.4 Å². The molecule has 1 N–H and O–H groups in total. The number of piperazine rings is 1. The molecule has 1 atom stereocenters. The van der Waals surface area contributed by atoms with Crippen molar-refractivity contribution in [2.75, 3.05) is 19.6 Å². The highest BCUT2D eigenvalue weighted by Crippen LogP contribution is 2.14. The smallest absolute Gasteiger partial charge is 0.410 e. The van der Waals surface area contributed by atoms with Gasteiger partial charge in [0.05, 0.1) is 6.04 Å². The first-order chi connectivity index (χ1) is 7.70. The van der Waals surface area contributed by atoms with E-state index in [0.29, 0.717) is 19.6 Å². The van der Waals surface area contributed by atoms with Gasteiger partial charge in [-0.25, -0.2) is 9.59 Å². The van der Waals surface area contributed by atoms with Crippen molar-refractivity contribution in [3.8, 4) is 0 Å². The summed E-state index contributed by atoms with van der Waals surface area (Å²) in [6.07, 6.45) is -1.32. The van der Waals surface area contributed by atoms with E-state index in [1.807, 2.05) is 20.8 Å². The molecule has 1 rings (SSSR count). The van der Waals surface area contributed by atoms with Crippen molar-refractivity contribution in [3.63, 3.8) is 0 Å². The minimum absolute atomic E-state index is 0.200. The number of carbonyl (C=O) groups is 2. The average Bonchev–Trinajstić information content (AvgIpc) is 2.14. The third-order valence-electron chi connectivity index (χ3n) is 2.52. The number of carbonyl (C=O) groups excluding carboxylic acids is 1. The fraction of sp³-hybridized carbons (Fsp3) is 0.818. The number of amides is 2. The van der Waals surface area contributed by atoms with Crippen LogP contribution in [0, 0.1) is 0 Å². The van der Waals surface area contributed by atoms with Gasteiger partial charge in [0.2, 0.25) is 0 Å². The molecule has 0 spiro atoms. The highest BCUT2D eigenvalue weighted by molar-refractivity contribution is 5.70. The van der Waals surface area contributed by atoms with Crippen LogP contribution in [-0.4, -0.2) is 58.4 Å². The molecular weight excluding hydrogens is 224 g/mol. The zero-order chi connectivity index (χ0) is 13.2. The molecule has 0 saturated carbocycles. The van der Waals surface area contributed by atoms with Gasteiger partial charge in [0.15, 0.2) is 0 Å². The molecule has 1 saturated heterocycles. The van der Waals surface area contributed by atoms with E-state index in [0.717, 1.165) is 0 Å². The summed E-state index contributed by atoms with van der Waals surface area (Å²) in [5.74, 6) is 0. The lowest BCUT2D eigenvalue weighted by molar-refractivity contribution is 0.00719. The molecule has 0 bridgehead atoms. The number of nitrogens with zero attached hydrogens (tertiary/aromatic N) is 2. The largest absolute Gasteiger partial charge is 0.465 e. The minimum Gasteiger partial charge on any atom is -0.465 e. The van der Waals surface area contributed by atoms with Crippen LogP contribution in [-0.2, 0) is 4.74 Å². The van der Waals surface area contributed by atoms with E-state index in [-0.39, 0.29) is 12.1 Å². The van der Waals surface area contributed by atoms with Crippen molar-refractivity contribution in [1.82, 2.24) is 9.80 Å². The zero-order valence-electron chi connectivity index (χ0n) is 10.8. The van der Waals surface area contributed by atoms with Gasteiger partial charge in [-0.2, -0.15) is 0 Å². The third kappa shape index (κ3) is 3.80. The molecular formula is C11H20N2O4. The maximum Gasteiger partial charge on any atom is 0.410 e. The first-order valence-corrected chi connectivity index (χ1v) is 5.68. The molecule has 0 aliphatic carbocycles. The van der Waals surface area contributed by atoms with Crippen LogP contribution in [0.25, 0.3) is 0 Å². The summed E-state index contributed by atoms with van der Waals surface area (Å²) in [4.78, 5) is 25.5. The van der Waals surface area contributed by atoms with E-state index in [1.165, 1.54) is 4.90 Å². The molecule has 0 aromatic carbocycles. The molecule has 2 amide bonds. The topological polar surface area (TPSA) is 70.1 Å². The molecule has 17 heavy (non-hydrogen) atoms. The summed E-state index contributed by atoms with van der Waals surface area (Å²) in [5, 5.41) is 8.91. The number of hydrogen-bond acceptors (Lipinski definition) is 3. The highest BCUT2D eigenvalue weighted by atomic mass is 16.6. The van der Waals surface area contributed by atoms with E-state index in [1.54, 1.807) is 11.8 Å². The van der Waals surface area contributed by atoms with Crippen LogP contribution in [0.3, 0.4) is 0 Å². The van der Waals surface area contributed by atoms with Gasteiger partial charge in [0, 0.05) is 19.6 Å². The first-order valence-electron chi connectivity index (χ1n) is 5.68. The van der Waals surface area contributed by atoms with Gasteiger partial charge >= 0.3 is 12.2 Å². The molecule has 1 aliphatic rings. The number of rotatable bonds is 0. The highest BCUT2D eigenvalue weighted by Gasteiger charge is 2.31. The molecule has 0 unspecified atom stereocenters. The summed E-state index contributed by atoms with van der Waals surface area (Å²) < 4.78 is 5.24. The van der Waals surface area contributed by atoms with Crippen LogP contribution in [0.2, 0.25) is 0 Å². The molecule has 0 radical (unpaired) electrons. The van der Waals surface area contributed by atoms with Crippen LogP contribution < -0.4 is 0 Å². The van der Waals surface area contributed by atoms with E-state index >= 15 is 0 Å². The molecule has 0 aromatic rings. The minimum atomic E-state index is -0.943. The van der Waals surface area contributed by atoms with Crippen molar-refractivity contribution in [2.45, 2.75) is 39.3 Å². The van der Waals surface area contributed by atoms with Gasteiger partial charge < -0.3 is 19.6 Å². The Morgan fingerprint density at radius 2 is 1.88 bits per heavy atom. The first kappa shape index (κ1) is 13.6. The van der Waals surface area contributed by atoms with Gasteiger partial charge in [-0.1, -0.05) is 0 Å². The maximum absolute atomic E-state index is 11.8. The van der Waals surface area contributed by atoms with Crippen LogP contribution in [0.5, 0.6) is 0 Å². The van der Waals surface area contributed by atoms with Crippen molar-refractivity contribution in [2.24, 2.45) is 0 Å². The molecule has 0 aromatic heterocycles. The Morgan fingerprint density at radius 1 is 1.29 bits per heavy atom. The van der Waals surface area contributed by atoms with E-state index < -0.39 is 11.7 Å². The predicted octanol–water partition coefficient (Wildman–Crippen LogP) is 1.61. The summed E-state index contributed by atoms with van der Waals surface area (Å²) in [5.41, 5.74) is -0.524. The fourth-order valence-electron chi connectivity index (χ4n) is 1.73. The summed E-state index contributed by atoms with van der Waals surface area (Å²) in [6.45, 7) is 8.29. The van der Waals surface area contributed by atoms with Crippen LogP contribution in [0.1, 0.15) is 27.7 Å². The quantitative estimate of drug-likeness (QED) is 0.702. The van der Waals surface area contributed by atoms with Crippen molar-refractivity contribution >= 4 is 12.2 Å². The van der Waals surface area contributed by atoms with Gasteiger partial charge in [-0.3, -0.25) is 0 Å². The third-order valence-corrected chi connectivity index (χ3v) is 2.52. The Kier molecular flexibility index (Phi) is 3.85. The predicted molar refractivity (Wildman–Crippen MR) is 62.0 cm³/mol. The van der Waals surface area contributed by atoms with Crippen LogP contribution >= 0.6 is 0 Å². The number of ether oxygens (including phenoxy) is 1. The second-order valence-electron chi connectivity index (χ2n) is 5.25. The lowest BCUT2D eigenvalue weighted by Gasteiger charge is -2.38. The summed E-state index contributed by atoms with van der Waals surface area (Å²) in [7, 11) is 0. The normalized spacial score (nSPS) is 21.3. The molecule has 1 aliphatic heterocycles. The standard InChI is InChI=1S/C11H20N2O4/c1-8-7-12(5-6-13(8)9(14)15)10(16)17-11(2,3)4/h8H,5-7H2,1-4H3,(H,14,15)/t8-/m0/s1. The van der Waals surface area contributed by atoms with Crippen molar-refractivity contribution in [1.29, 1.82) is 0 Å². The number of carboxylic acid groups (broad SMARTS) is 1. The fourth-order valence-corrected chi connectivity index (χ4v) is 1.73. The Morgan fingerprint density at radius 3 is 2.29 bits per heavy atom. The van der Waals surface area contributed by atoms with E-state index in [9.17, 15) is 9.59 Å². The molecule has 1 fully saturated rings. The lowest BCUT2D eigenvalue weighted by Crippen LogP contribution is -2.55. The van der Waals surface area contributed by atoms with Crippen LogP contribution in [0.15, 0.2) is 0 Å². The van der Waals surface area contributed by atoms with E-state index in [4.69, 9.17) is 9.84 Å². The van der Waals surface area contributed by atoms with Gasteiger partial charge in [-0.05, 0) is 27.7 Å². The second-order valence-corrected chi connectivity index (χ2v) is 5.25. The Bertz CT molecular complexity index is 311. The van der Waals surface area contributed by atoms with Crippen LogP contribution in [0.4, 0.5) is 9.59 Å². The lowest BCUT2D eigenvalue weighted by atomic mass is 10.2. The molecule has 98 valence electrons. The Balaban J connectivity index is 2.55. The second kappa shape index (κ2) is 4.81. The average molecular weight is 244 g/mol. The van der Waals surface area contributed by atoms with Gasteiger partial charge in [0.1, 0.15) is 5.60 Å². The Labute approximate surface area is 101 Å². The molecule has 6 nitrogen and oxygen atoms in total. The maximum atomic E-state index is 11.8. The molecule has 1 heterocycles. The van der Waals surface area contributed by atoms with Gasteiger partial charge in [-0.15, -0.1) is 0 Å². The summed E-state index contributed by atoms with van der Waals surface area (Å²) >= 11 is 0. The van der Waals surface area contributed by atoms with Gasteiger partial charge in [0.25, 0.3) is 0 Å². The summed E-state index contributed by atoms with van der Waals surface area (Å²) in [6, 6.07) is -0.200. The SMILES string of the molecule is C[C@H]1CN(C(=O)OC(C)(C)C)CCN1C(=O)O.